The number of benzene rings is 2. The zero-order valence-electron chi connectivity index (χ0n) is 15.2. The lowest BCUT2D eigenvalue weighted by atomic mass is 10.0. The minimum atomic E-state index is -0.0885. The molecule has 0 saturated heterocycles. The Hall–Kier alpha value is -2.24. The van der Waals surface area contributed by atoms with Crippen LogP contribution in [0.15, 0.2) is 48.5 Å². The zero-order valence-corrected chi connectivity index (χ0v) is 16.1. The fourth-order valence-electron chi connectivity index (χ4n) is 2.25. The van der Waals surface area contributed by atoms with Gasteiger partial charge in [-0.1, -0.05) is 26.0 Å². The molecule has 3 N–H and O–H groups in total. The average Bonchev–Trinajstić information content (AvgIpc) is 2.61. The summed E-state index contributed by atoms with van der Waals surface area (Å²) < 4.78 is 11.0. The second-order valence-corrected chi connectivity index (χ2v) is 6.03. The molecule has 6 heteroatoms. The van der Waals surface area contributed by atoms with Gasteiger partial charge in [-0.15, -0.1) is 12.4 Å². The molecule has 0 atom stereocenters. The van der Waals surface area contributed by atoms with Gasteiger partial charge in [0, 0.05) is 12.2 Å². The maximum Gasteiger partial charge on any atom is 0.227 e. The molecule has 0 saturated carbocycles. The second-order valence-electron chi connectivity index (χ2n) is 6.03. The Morgan fingerprint density at radius 1 is 0.962 bits per heavy atom. The molecule has 2 aromatic carbocycles. The van der Waals surface area contributed by atoms with Crippen LogP contribution in [0.4, 0.5) is 5.69 Å². The fraction of sp³-hybridized carbons (Fsp3) is 0.350. The van der Waals surface area contributed by atoms with Crippen LogP contribution in [0.1, 0.15) is 31.7 Å². The van der Waals surface area contributed by atoms with Crippen LogP contribution in [-0.4, -0.2) is 25.7 Å². The molecule has 0 heterocycles. The van der Waals surface area contributed by atoms with Crippen molar-refractivity contribution in [2.45, 2.75) is 26.2 Å². The maximum absolute atomic E-state index is 12.0. The standard InChI is InChI=1S/C20H26N2O3.ClH/c1-15(2)16-3-7-18(8-4-16)24-13-11-20(23)22-17-5-9-19(10-6-17)25-14-12-21;/h3-10,15H,11-14,21H2,1-2H3,(H,22,23);1H. The molecule has 2 rings (SSSR count). The smallest absolute Gasteiger partial charge is 0.227 e. The van der Waals surface area contributed by atoms with Crippen LogP contribution < -0.4 is 20.5 Å². The normalized spacial score (nSPS) is 10.2. The van der Waals surface area contributed by atoms with Gasteiger partial charge in [0.25, 0.3) is 0 Å². The monoisotopic (exact) mass is 378 g/mol. The topological polar surface area (TPSA) is 73.6 Å². The van der Waals surface area contributed by atoms with E-state index in [2.05, 4.69) is 19.2 Å². The lowest BCUT2D eigenvalue weighted by Gasteiger charge is -2.10. The van der Waals surface area contributed by atoms with Crippen molar-refractivity contribution in [1.82, 2.24) is 0 Å². The Morgan fingerprint density at radius 2 is 1.50 bits per heavy atom. The molecule has 1 amide bonds. The van der Waals surface area contributed by atoms with E-state index in [0.717, 1.165) is 17.2 Å². The first-order chi connectivity index (χ1) is 12.1. The van der Waals surface area contributed by atoms with Crippen molar-refractivity contribution in [3.63, 3.8) is 0 Å². The molecule has 0 bridgehead atoms. The van der Waals surface area contributed by atoms with Gasteiger partial charge in [0.15, 0.2) is 0 Å². The van der Waals surface area contributed by atoms with Gasteiger partial charge in [0.2, 0.25) is 5.91 Å². The largest absolute Gasteiger partial charge is 0.493 e. The van der Waals surface area contributed by atoms with E-state index < -0.39 is 0 Å². The molecule has 0 radical (unpaired) electrons. The molecule has 0 aliphatic heterocycles. The SMILES string of the molecule is CC(C)c1ccc(OCCC(=O)Nc2ccc(OCCN)cc2)cc1.Cl. The van der Waals surface area contributed by atoms with Crippen molar-refractivity contribution >= 4 is 24.0 Å². The summed E-state index contributed by atoms with van der Waals surface area (Å²) in [7, 11) is 0. The average molecular weight is 379 g/mol. The number of halogens is 1. The van der Waals surface area contributed by atoms with Crippen LogP contribution in [0.2, 0.25) is 0 Å². The molecule has 5 nitrogen and oxygen atoms in total. The number of rotatable bonds is 9. The van der Waals surface area contributed by atoms with Gasteiger partial charge < -0.3 is 20.5 Å². The maximum atomic E-state index is 12.0. The van der Waals surface area contributed by atoms with E-state index in [9.17, 15) is 4.79 Å². The van der Waals surface area contributed by atoms with Crippen molar-refractivity contribution in [3.05, 3.63) is 54.1 Å². The Bertz CT molecular complexity index is 658. The molecular formula is C20H27ClN2O3. The van der Waals surface area contributed by atoms with Gasteiger partial charge in [0.1, 0.15) is 18.1 Å². The third-order valence-electron chi connectivity index (χ3n) is 3.67. The van der Waals surface area contributed by atoms with Crippen molar-refractivity contribution in [2.24, 2.45) is 5.73 Å². The Kier molecular flexibility index (Phi) is 9.55. The van der Waals surface area contributed by atoms with Crippen LogP contribution >= 0.6 is 12.4 Å². The first kappa shape index (κ1) is 21.8. The number of carbonyl (C=O) groups is 1. The molecule has 0 spiro atoms. The van der Waals surface area contributed by atoms with Crippen molar-refractivity contribution in [1.29, 1.82) is 0 Å². The fourth-order valence-corrected chi connectivity index (χ4v) is 2.25. The van der Waals surface area contributed by atoms with Crippen molar-refractivity contribution in [2.75, 3.05) is 25.1 Å². The third-order valence-corrected chi connectivity index (χ3v) is 3.67. The number of nitrogens with two attached hydrogens (primary N) is 1. The van der Waals surface area contributed by atoms with Gasteiger partial charge >= 0.3 is 0 Å². The highest BCUT2D eigenvalue weighted by atomic mass is 35.5. The summed E-state index contributed by atoms with van der Waals surface area (Å²) in [4.78, 5) is 12.0. The molecule has 0 unspecified atom stereocenters. The van der Waals surface area contributed by atoms with Crippen molar-refractivity contribution < 1.29 is 14.3 Å². The minimum Gasteiger partial charge on any atom is -0.493 e. The lowest BCUT2D eigenvalue weighted by molar-refractivity contribution is -0.116. The highest BCUT2D eigenvalue weighted by molar-refractivity contribution is 5.90. The summed E-state index contributed by atoms with van der Waals surface area (Å²) in [6, 6.07) is 15.2. The molecule has 2 aromatic rings. The minimum absolute atomic E-state index is 0. The number of ether oxygens (including phenoxy) is 2. The summed E-state index contributed by atoms with van der Waals surface area (Å²) in [5.74, 6) is 1.91. The van der Waals surface area contributed by atoms with Crippen LogP contribution in [0, 0.1) is 0 Å². The molecule has 0 aliphatic rings. The lowest BCUT2D eigenvalue weighted by Crippen LogP contribution is -2.15. The number of carbonyl (C=O) groups excluding carboxylic acids is 1. The summed E-state index contributed by atoms with van der Waals surface area (Å²) in [5, 5.41) is 2.84. The first-order valence-electron chi connectivity index (χ1n) is 8.54. The van der Waals surface area contributed by atoms with Crippen LogP contribution in [0.3, 0.4) is 0 Å². The second kappa shape index (κ2) is 11.4. The van der Waals surface area contributed by atoms with Crippen LogP contribution in [-0.2, 0) is 4.79 Å². The van der Waals surface area contributed by atoms with Crippen LogP contribution in [0.5, 0.6) is 11.5 Å². The number of hydrogen-bond donors (Lipinski definition) is 2. The van der Waals surface area contributed by atoms with E-state index in [1.165, 1.54) is 5.56 Å². The molecular weight excluding hydrogens is 352 g/mol. The summed E-state index contributed by atoms with van der Waals surface area (Å²) in [6.45, 7) is 5.58. The number of nitrogens with one attached hydrogen (secondary N) is 1. The first-order valence-corrected chi connectivity index (χ1v) is 8.54. The molecule has 0 aliphatic carbocycles. The molecule has 0 aromatic heterocycles. The van der Waals surface area contributed by atoms with E-state index >= 15 is 0 Å². The summed E-state index contributed by atoms with van der Waals surface area (Å²) >= 11 is 0. The van der Waals surface area contributed by atoms with E-state index in [1.807, 2.05) is 24.3 Å². The van der Waals surface area contributed by atoms with Gasteiger partial charge in [-0.2, -0.15) is 0 Å². The molecule has 26 heavy (non-hydrogen) atoms. The summed E-state index contributed by atoms with van der Waals surface area (Å²) in [6.07, 6.45) is 0.289. The Labute approximate surface area is 161 Å². The predicted molar refractivity (Wildman–Crippen MR) is 108 cm³/mol. The van der Waals surface area contributed by atoms with Gasteiger partial charge in [-0.25, -0.2) is 0 Å². The molecule has 0 fully saturated rings. The van der Waals surface area contributed by atoms with E-state index in [-0.39, 0.29) is 24.7 Å². The number of hydrogen-bond acceptors (Lipinski definition) is 4. The van der Waals surface area contributed by atoms with Gasteiger partial charge in [-0.3, -0.25) is 4.79 Å². The van der Waals surface area contributed by atoms with E-state index in [4.69, 9.17) is 15.2 Å². The zero-order chi connectivity index (χ0) is 18.1. The quantitative estimate of drug-likeness (QED) is 0.692. The Morgan fingerprint density at radius 3 is 2.04 bits per heavy atom. The number of anilines is 1. The molecule has 142 valence electrons. The van der Waals surface area contributed by atoms with E-state index in [0.29, 0.717) is 25.7 Å². The highest BCUT2D eigenvalue weighted by Crippen LogP contribution is 2.19. The number of amides is 1. The van der Waals surface area contributed by atoms with Crippen LogP contribution in [0.25, 0.3) is 0 Å². The van der Waals surface area contributed by atoms with Crippen molar-refractivity contribution in [3.8, 4) is 11.5 Å². The van der Waals surface area contributed by atoms with Gasteiger partial charge in [0.05, 0.1) is 13.0 Å². The Balaban J connectivity index is 0.00000338. The third kappa shape index (κ3) is 7.33. The van der Waals surface area contributed by atoms with E-state index in [1.54, 1.807) is 24.3 Å². The predicted octanol–water partition coefficient (Wildman–Crippen LogP) is 3.98. The highest BCUT2D eigenvalue weighted by Gasteiger charge is 2.04. The summed E-state index contributed by atoms with van der Waals surface area (Å²) in [5.41, 5.74) is 7.38. The van der Waals surface area contributed by atoms with Gasteiger partial charge in [-0.05, 0) is 47.9 Å².